The predicted octanol–water partition coefficient (Wildman–Crippen LogP) is 7.57. The first-order chi connectivity index (χ1) is 10.3. The molecular weight excluding hydrogens is 472 g/mol. The van der Waals surface area contributed by atoms with Crippen LogP contribution in [0, 0.1) is 0 Å². The molecule has 0 radical (unpaired) electrons. The second-order valence-electron chi connectivity index (χ2n) is 6.45. The Morgan fingerprint density at radius 2 is 0.619 bits per heavy atom. The van der Waals surface area contributed by atoms with Crippen molar-refractivity contribution < 1.29 is 0 Å². The van der Waals surface area contributed by atoms with Gasteiger partial charge in [0.1, 0.15) is 0 Å². The zero-order valence-electron chi connectivity index (χ0n) is 15.5. The van der Waals surface area contributed by atoms with Crippen LogP contribution in [0.5, 0.6) is 0 Å². The second kappa shape index (κ2) is 18.0. The molecule has 0 heterocycles. The van der Waals surface area contributed by atoms with E-state index < -0.39 is 40.4 Å². The summed E-state index contributed by atoms with van der Waals surface area (Å²) in [6.07, 6.45) is 13.6. The van der Waals surface area contributed by atoms with Crippen LogP contribution in [0.4, 0.5) is 0 Å². The Kier molecular flexibility index (Phi) is 19.4. The molecule has 0 aromatic rings. The van der Waals surface area contributed by atoms with E-state index in [4.69, 9.17) is 0 Å². The van der Waals surface area contributed by atoms with Crippen molar-refractivity contribution in [2.24, 2.45) is 0 Å². The molecule has 0 N–H and O–H groups in total. The average Bonchev–Trinajstić information content (AvgIpc) is 2.51. The normalized spacial score (nSPS) is 11.7. The van der Waals surface area contributed by atoms with Crippen LogP contribution in [0.15, 0.2) is 0 Å². The van der Waals surface area contributed by atoms with Crippen molar-refractivity contribution in [1.82, 2.24) is 0 Å². The van der Waals surface area contributed by atoms with Gasteiger partial charge in [-0.2, -0.15) is 0 Å². The molecule has 0 nitrogen and oxygen atoms in total. The zero-order valence-corrected chi connectivity index (χ0v) is 20.6. The monoisotopic (exact) mass is 512 g/mol. The number of hydrogen-bond acceptors (Lipinski definition) is 0. The molecule has 0 saturated heterocycles. The summed E-state index contributed by atoms with van der Waals surface area (Å²) >= 11 is -1.61. The Labute approximate surface area is 151 Å². The van der Waals surface area contributed by atoms with Crippen LogP contribution < -0.4 is 0 Å². The number of hydrogen-bond donors (Lipinski definition) is 0. The van der Waals surface area contributed by atoms with Crippen molar-refractivity contribution in [2.75, 3.05) is 0 Å². The van der Waals surface area contributed by atoms with Gasteiger partial charge in [0, 0.05) is 0 Å². The van der Waals surface area contributed by atoms with E-state index in [0.717, 1.165) is 0 Å². The molecule has 0 aromatic heterocycles. The van der Waals surface area contributed by atoms with Crippen molar-refractivity contribution in [2.45, 2.75) is 112 Å². The van der Waals surface area contributed by atoms with Gasteiger partial charge in [0.2, 0.25) is 0 Å². The first-order valence-electron chi connectivity index (χ1n) is 9.73. The predicted molar refractivity (Wildman–Crippen MR) is 105 cm³/mol. The van der Waals surface area contributed by atoms with Crippen LogP contribution in [0.2, 0.25) is 26.2 Å². The third-order valence-corrected chi connectivity index (χ3v) is 20.5. The summed E-state index contributed by atoms with van der Waals surface area (Å²) in [6, 6.07) is 0. The van der Waals surface area contributed by atoms with Crippen molar-refractivity contribution in [3.63, 3.8) is 0 Å². The molecule has 0 amide bonds. The van der Waals surface area contributed by atoms with Gasteiger partial charge in [0.25, 0.3) is 0 Å². The van der Waals surface area contributed by atoms with E-state index in [9.17, 15) is 0 Å². The van der Waals surface area contributed by atoms with Crippen LogP contribution in [-0.2, 0) is 0 Å². The maximum atomic E-state index is 2.37. The molecule has 0 aliphatic heterocycles. The Hall–Kier alpha value is 1.64. The molecular formula is C19H42Sb2. The van der Waals surface area contributed by atoms with Crippen molar-refractivity contribution in [1.29, 1.82) is 0 Å². The molecule has 0 atom stereocenters. The minimum absolute atomic E-state index is 0.805. The van der Waals surface area contributed by atoms with Crippen molar-refractivity contribution in [3.05, 3.63) is 0 Å². The van der Waals surface area contributed by atoms with E-state index in [0.29, 0.717) is 0 Å². The van der Waals surface area contributed by atoms with E-state index in [1.807, 2.05) is 0 Å². The van der Waals surface area contributed by atoms with E-state index in [-0.39, 0.29) is 0 Å². The van der Waals surface area contributed by atoms with Crippen LogP contribution >= 0.6 is 0 Å². The quantitative estimate of drug-likeness (QED) is 0.187. The van der Waals surface area contributed by atoms with Gasteiger partial charge in [-0.25, -0.2) is 0 Å². The van der Waals surface area contributed by atoms with E-state index in [1.54, 1.807) is 58.3 Å². The fourth-order valence-electron chi connectivity index (χ4n) is 2.72. The van der Waals surface area contributed by atoms with Gasteiger partial charge >= 0.3 is 152 Å². The minimum atomic E-state index is -0.805. The standard InChI is InChI=1S/4C4H9.C3H6.2Sb/c4*1-3-4-2;1-3-2;;/h4*1,3-4H2,2H3;1-3H2;;. The molecule has 0 unspecified atom stereocenters. The van der Waals surface area contributed by atoms with Crippen LogP contribution in [0.1, 0.15) is 85.5 Å². The van der Waals surface area contributed by atoms with Gasteiger partial charge in [0.05, 0.1) is 0 Å². The molecule has 0 aliphatic carbocycles. The van der Waals surface area contributed by atoms with Gasteiger partial charge in [-0.3, -0.25) is 0 Å². The molecule has 21 heavy (non-hydrogen) atoms. The molecule has 0 fully saturated rings. The van der Waals surface area contributed by atoms with Gasteiger partial charge in [0.15, 0.2) is 0 Å². The summed E-state index contributed by atoms with van der Waals surface area (Å²) in [6.45, 7) is 9.50. The summed E-state index contributed by atoms with van der Waals surface area (Å²) in [5.74, 6) is 0. The van der Waals surface area contributed by atoms with Crippen LogP contribution in [0.3, 0.4) is 0 Å². The SMILES string of the molecule is CCC[CH2][Sb]([CH2]CCC)[CH2]C[CH2][Sb]([CH2]CCC)[CH2]CCC. The fourth-order valence-corrected chi connectivity index (χ4v) is 20.9. The van der Waals surface area contributed by atoms with Gasteiger partial charge in [-0.1, -0.05) is 0 Å². The van der Waals surface area contributed by atoms with Gasteiger partial charge in [-0.15, -0.1) is 0 Å². The molecule has 0 aliphatic rings. The Bertz CT molecular complexity index is 158. The first kappa shape index (κ1) is 22.6. The number of unbranched alkanes of at least 4 members (excludes halogenated alkanes) is 4. The number of rotatable bonds is 16. The van der Waals surface area contributed by atoms with E-state index in [1.165, 1.54) is 25.7 Å². The zero-order chi connectivity index (χ0) is 15.8. The average molecular weight is 514 g/mol. The molecule has 128 valence electrons. The maximum absolute atomic E-state index is 2.37. The Balaban J connectivity index is 3.96. The summed E-state index contributed by atoms with van der Waals surface area (Å²) in [5.41, 5.74) is 0. The molecule has 0 saturated carbocycles. The Morgan fingerprint density at radius 1 is 0.381 bits per heavy atom. The second-order valence-corrected chi connectivity index (χ2v) is 21.8. The van der Waals surface area contributed by atoms with E-state index >= 15 is 0 Å². The van der Waals surface area contributed by atoms with Crippen molar-refractivity contribution >= 4 is 40.4 Å². The molecule has 0 rings (SSSR count). The topological polar surface area (TPSA) is 0 Å². The summed E-state index contributed by atoms with van der Waals surface area (Å²) in [7, 11) is 0. The molecule has 0 aromatic carbocycles. The molecule has 0 bridgehead atoms. The third kappa shape index (κ3) is 14.9. The summed E-state index contributed by atoms with van der Waals surface area (Å²) in [4.78, 5) is 0. The van der Waals surface area contributed by atoms with Crippen molar-refractivity contribution in [3.8, 4) is 0 Å². The summed E-state index contributed by atoms with van der Waals surface area (Å²) < 4.78 is 10.3. The summed E-state index contributed by atoms with van der Waals surface area (Å²) in [5, 5.41) is 0. The van der Waals surface area contributed by atoms with E-state index in [2.05, 4.69) is 27.7 Å². The van der Waals surface area contributed by atoms with Crippen LogP contribution in [0.25, 0.3) is 0 Å². The van der Waals surface area contributed by atoms with Crippen LogP contribution in [-0.4, -0.2) is 40.4 Å². The molecule has 2 heteroatoms. The first-order valence-corrected chi connectivity index (χ1v) is 20.6. The van der Waals surface area contributed by atoms with Gasteiger partial charge in [-0.05, 0) is 0 Å². The van der Waals surface area contributed by atoms with Gasteiger partial charge < -0.3 is 0 Å². The Morgan fingerprint density at radius 3 is 0.857 bits per heavy atom. The molecule has 0 spiro atoms. The fraction of sp³-hybridized carbons (Fsp3) is 1.00. The third-order valence-electron chi connectivity index (χ3n) is 4.26.